The van der Waals surface area contributed by atoms with Crippen LogP contribution in [0.5, 0.6) is 5.75 Å². The summed E-state index contributed by atoms with van der Waals surface area (Å²) >= 11 is 6.22. The smallest absolute Gasteiger partial charge is 0.329 e. The zero-order valence-electron chi connectivity index (χ0n) is 20.7. The first kappa shape index (κ1) is 26.4. The predicted molar refractivity (Wildman–Crippen MR) is 138 cm³/mol. The Hall–Kier alpha value is -3.25. The van der Waals surface area contributed by atoms with E-state index in [-0.39, 0.29) is 11.9 Å². The highest BCUT2D eigenvalue weighted by atomic mass is 35.5. The minimum atomic E-state index is -0.529. The van der Waals surface area contributed by atoms with Crippen molar-refractivity contribution in [1.29, 1.82) is 0 Å². The molecule has 0 aliphatic heterocycles. The summed E-state index contributed by atoms with van der Waals surface area (Å²) < 4.78 is 18.5. The van der Waals surface area contributed by atoms with Gasteiger partial charge in [-0.2, -0.15) is 0 Å². The lowest BCUT2D eigenvalue weighted by atomic mass is 10.1. The number of aromatic nitrogens is 2. The number of aryl methyl sites for hydroxylation is 1. The minimum absolute atomic E-state index is 0.104. The monoisotopic (exact) mass is 496 g/mol. The molecule has 0 aliphatic rings. The largest absolute Gasteiger partial charge is 0.493 e. The quantitative estimate of drug-likeness (QED) is 0.207. The van der Waals surface area contributed by atoms with Gasteiger partial charge in [0.15, 0.2) is 0 Å². The first-order valence-corrected chi connectivity index (χ1v) is 12.2. The fourth-order valence-corrected chi connectivity index (χ4v) is 3.92. The van der Waals surface area contributed by atoms with Crippen molar-refractivity contribution in [2.45, 2.75) is 52.0 Å². The van der Waals surface area contributed by atoms with Crippen molar-refractivity contribution in [2.75, 3.05) is 13.7 Å². The number of nitrogens with zero attached hydrogens (tertiary/aromatic N) is 2. The molecule has 0 amide bonds. The van der Waals surface area contributed by atoms with Crippen molar-refractivity contribution in [3.8, 4) is 5.75 Å². The molecule has 2 unspecified atom stereocenters. The molecule has 3 aromatic rings. The Morgan fingerprint density at radius 3 is 2.66 bits per heavy atom. The van der Waals surface area contributed by atoms with Crippen LogP contribution in [0, 0.1) is 6.92 Å². The van der Waals surface area contributed by atoms with Gasteiger partial charge in [0.25, 0.3) is 0 Å². The fraction of sp³-hybridized carbons (Fsp3) is 0.357. The van der Waals surface area contributed by atoms with E-state index >= 15 is 0 Å². The van der Waals surface area contributed by atoms with Crippen LogP contribution in [-0.4, -0.2) is 29.2 Å². The highest BCUT2D eigenvalue weighted by molar-refractivity contribution is 6.29. The Balaban J connectivity index is 1.55. The third-order valence-electron chi connectivity index (χ3n) is 5.68. The lowest BCUT2D eigenvalue weighted by Gasteiger charge is -2.18. The van der Waals surface area contributed by atoms with Gasteiger partial charge in [-0.25, -0.2) is 9.78 Å². The molecule has 0 radical (unpaired) electrons. The van der Waals surface area contributed by atoms with Crippen LogP contribution in [0.4, 0.5) is 0 Å². The molecule has 0 N–H and O–H groups in total. The van der Waals surface area contributed by atoms with Crippen molar-refractivity contribution in [2.24, 2.45) is 0 Å². The van der Waals surface area contributed by atoms with Gasteiger partial charge in [-0.1, -0.05) is 61.9 Å². The zero-order chi connectivity index (χ0) is 25.2. The van der Waals surface area contributed by atoms with Crippen LogP contribution in [0.1, 0.15) is 55.1 Å². The molecule has 2 aromatic heterocycles. The van der Waals surface area contributed by atoms with Crippen LogP contribution in [0.25, 0.3) is 0 Å². The normalized spacial score (nSPS) is 13.4. The number of oxazole rings is 1. The molecule has 186 valence electrons. The molecule has 1 aromatic carbocycles. The Morgan fingerprint density at radius 1 is 1.23 bits per heavy atom. The molecule has 0 bridgehead atoms. The van der Waals surface area contributed by atoms with Gasteiger partial charge in [-0.3, -0.25) is 0 Å². The topological polar surface area (TPSA) is 66.5 Å². The van der Waals surface area contributed by atoms with Crippen LogP contribution in [0.3, 0.4) is 0 Å². The number of methoxy groups -OCH3 is 1. The summed E-state index contributed by atoms with van der Waals surface area (Å²) in [7, 11) is 1.38. The average Bonchev–Trinajstić information content (AvgIpc) is 3.45. The molecular formula is C28H33ClN2O4. The number of halogens is 1. The first-order valence-electron chi connectivity index (χ1n) is 11.8. The molecule has 6 nitrogen and oxygen atoms in total. The number of ether oxygens (including phenoxy) is 2. The van der Waals surface area contributed by atoms with Gasteiger partial charge in [0.2, 0.25) is 5.89 Å². The maximum Gasteiger partial charge on any atom is 0.329 e. The number of allylic oxidation sites excluding steroid dienone is 4. The number of benzene rings is 1. The number of rotatable bonds is 12. The molecule has 2 atom stereocenters. The van der Waals surface area contributed by atoms with Crippen LogP contribution in [-0.2, 0) is 22.4 Å². The predicted octanol–water partition coefficient (Wildman–Crippen LogP) is 6.64. The second kappa shape index (κ2) is 13.0. The molecule has 0 fully saturated rings. The van der Waals surface area contributed by atoms with Gasteiger partial charge >= 0.3 is 5.97 Å². The highest BCUT2D eigenvalue weighted by Gasteiger charge is 2.23. The third-order valence-corrected chi connectivity index (χ3v) is 6.00. The van der Waals surface area contributed by atoms with E-state index < -0.39 is 6.04 Å². The Morgan fingerprint density at radius 2 is 2.00 bits per heavy atom. The van der Waals surface area contributed by atoms with Crippen molar-refractivity contribution in [3.05, 3.63) is 95.0 Å². The molecule has 0 saturated carbocycles. The Bertz CT molecular complexity index is 1140. The van der Waals surface area contributed by atoms with Crippen LogP contribution < -0.4 is 4.74 Å². The average molecular weight is 497 g/mol. The van der Waals surface area contributed by atoms with Gasteiger partial charge in [-0.05, 0) is 43.2 Å². The maximum atomic E-state index is 12.3. The molecule has 3 rings (SSSR count). The summed E-state index contributed by atoms with van der Waals surface area (Å²) in [5, 5.41) is 0.491. The minimum Gasteiger partial charge on any atom is -0.493 e. The maximum absolute atomic E-state index is 12.3. The summed E-state index contributed by atoms with van der Waals surface area (Å²) in [5.74, 6) is 2.05. The molecule has 0 spiro atoms. The van der Waals surface area contributed by atoms with E-state index in [2.05, 4.69) is 31.0 Å². The molecular weight excluding hydrogens is 464 g/mol. The van der Waals surface area contributed by atoms with Gasteiger partial charge in [-0.15, -0.1) is 0 Å². The number of hydrogen-bond donors (Lipinski definition) is 0. The second-order valence-electron chi connectivity index (χ2n) is 8.29. The van der Waals surface area contributed by atoms with Crippen molar-refractivity contribution < 1.29 is 18.7 Å². The second-order valence-corrected chi connectivity index (χ2v) is 8.68. The molecule has 2 heterocycles. The van der Waals surface area contributed by atoms with Crippen LogP contribution in [0.15, 0.2) is 71.3 Å². The van der Waals surface area contributed by atoms with Gasteiger partial charge in [0.1, 0.15) is 22.7 Å². The summed E-state index contributed by atoms with van der Waals surface area (Å²) in [6.45, 7) is 6.59. The van der Waals surface area contributed by atoms with E-state index in [9.17, 15) is 4.79 Å². The third kappa shape index (κ3) is 7.36. The van der Waals surface area contributed by atoms with Gasteiger partial charge < -0.3 is 18.5 Å². The van der Waals surface area contributed by atoms with Crippen molar-refractivity contribution in [3.63, 3.8) is 0 Å². The summed E-state index contributed by atoms with van der Waals surface area (Å²) in [5.41, 5.74) is 1.89. The molecule has 0 saturated heterocycles. The van der Waals surface area contributed by atoms with Crippen molar-refractivity contribution >= 4 is 17.6 Å². The summed E-state index contributed by atoms with van der Waals surface area (Å²) in [6.07, 6.45) is 12.2. The number of carbonyl (C=O) groups excluding carboxylic acids is 1. The molecule has 0 aliphatic carbocycles. The Labute approximate surface area is 212 Å². The first-order chi connectivity index (χ1) is 16.9. The lowest BCUT2D eigenvalue weighted by Crippen LogP contribution is -2.22. The zero-order valence-corrected chi connectivity index (χ0v) is 21.5. The number of hydrogen-bond acceptors (Lipinski definition) is 5. The number of carbonyl (C=O) groups is 1. The van der Waals surface area contributed by atoms with Crippen molar-refractivity contribution in [1.82, 2.24) is 9.55 Å². The van der Waals surface area contributed by atoms with E-state index in [1.165, 1.54) is 7.11 Å². The SMILES string of the molecule is CC/C=C\C=C/C(C)c1nc(CCOc2ccc(CC(C(=O)OC)n3cccc3Cl)cc2)c(C)o1. The highest BCUT2D eigenvalue weighted by Crippen LogP contribution is 2.24. The van der Waals surface area contributed by atoms with E-state index in [0.717, 1.165) is 29.2 Å². The fourth-order valence-electron chi connectivity index (χ4n) is 3.67. The summed E-state index contributed by atoms with van der Waals surface area (Å²) in [6, 6.07) is 10.7. The molecule has 7 heteroatoms. The van der Waals surface area contributed by atoms with Gasteiger partial charge in [0, 0.05) is 19.0 Å². The lowest BCUT2D eigenvalue weighted by molar-refractivity contribution is -0.144. The van der Waals surface area contributed by atoms with E-state index in [0.29, 0.717) is 30.5 Å². The standard InChI is InChI=1S/C28H33ClN2O4/c1-5-6-7-8-10-20(2)27-30-24(21(3)35-27)16-18-34-23-14-12-22(13-15-23)19-25(28(32)33-4)31-17-9-11-26(31)29/h6-15,17,20,25H,5,16,18-19H2,1-4H3/b7-6-,10-8-. The number of esters is 1. The molecule has 35 heavy (non-hydrogen) atoms. The van der Waals surface area contributed by atoms with Crippen LogP contribution in [0.2, 0.25) is 5.15 Å². The Kier molecular flexibility index (Phi) is 9.79. The van der Waals surface area contributed by atoms with Gasteiger partial charge in [0.05, 0.1) is 25.3 Å². The van der Waals surface area contributed by atoms with E-state index in [1.54, 1.807) is 22.9 Å². The van der Waals surface area contributed by atoms with E-state index in [4.69, 9.17) is 25.5 Å². The van der Waals surface area contributed by atoms with Crippen LogP contribution >= 0.6 is 11.6 Å². The van der Waals surface area contributed by atoms with E-state index in [1.807, 2.05) is 43.3 Å². The summed E-state index contributed by atoms with van der Waals surface area (Å²) in [4.78, 5) is 17.0.